The molecule has 1 rings (SSSR count). The smallest absolute Gasteiger partial charge is 0.407 e. The van der Waals surface area contributed by atoms with Crippen LogP contribution in [-0.2, 0) is 38.0 Å². The number of hydrogen-bond donors (Lipinski definition) is 1. The molecule has 0 heterocycles. The molecule has 0 aromatic carbocycles. The SMILES string of the molecule is CSC1CCC(OC(=O)NCCOCCOCCOCCOCCOC(=O)CCC(C)=O)CC1. The van der Waals surface area contributed by atoms with Gasteiger partial charge in [-0.25, -0.2) is 4.79 Å². The minimum Gasteiger partial charge on any atom is -0.463 e. The number of esters is 1. The molecule has 34 heavy (non-hydrogen) atoms. The van der Waals surface area contributed by atoms with Crippen LogP contribution in [0, 0.1) is 0 Å². The van der Waals surface area contributed by atoms with Gasteiger partial charge in [0.25, 0.3) is 0 Å². The Kier molecular flexibility index (Phi) is 18.9. The lowest BCUT2D eigenvalue weighted by molar-refractivity contribution is -0.146. The van der Waals surface area contributed by atoms with Crippen molar-refractivity contribution in [2.45, 2.75) is 56.8 Å². The van der Waals surface area contributed by atoms with Gasteiger partial charge in [0.2, 0.25) is 0 Å². The summed E-state index contributed by atoms with van der Waals surface area (Å²) in [5, 5.41) is 3.41. The highest BCUT2D eigenvalue weighted by molar-refractivity contribution is 7.99. The van der Waals surface area contributed by atoms with Gasteiger partial charge >= 0.3 is 12.1 Å². The molecule has 1 aliphatic rings. The number of hydrogen-bond acceptors (Lipinski definition) is 10. The fourth-order valence-electron chi connectivity index (χ4n) is 3.13. The van der Waals surface area contributed by atoms with Crippen LogP contribution in [0.4, 0.5) is 4.79 Å². The van der Waals surface area contributed by atoms with E-state index in [9.17, 15) is 14.4 Å². The number of Topliss-reactive ketones (excluding diaryl/α,β-unsaturated/α-hetero) is 1. The van der Waals surface area contributed by atoms with Gasteiger partial charge < -0.3 is 38.5 Å². The molecule has 0 aromatic heterocycles. The first-order valence-electron chi connectivity index (χ1n) is 11.9. The van der Waals surface area contributed by atoms with E-state index in [2.05, 4.69) is 11.6 Å². The zero-order valence-corrected chi connectivity index (χ0v) is 21.4. The fourth-order valence-corrected chi connectivity index (χ4v) is 3.87. The first-order valence-corrected chi connectivity index (χ1v) is 13.2. The molecule has 1 fully saturated rings. The number of thioether (sulfide) groups is 1. The van der Waals surface area contributed by atoms with E-state index in [1.807, 2.05) is 11.8 Å². The number of alkyl carbamates (subject to hydrolysis) is 1. The zero-order chi connectivity index (χ0) is 24.9. The average molecular weight is 508 g/mol. The third kappa shape index (κ3) is 18.0. The number of ether oxygens (including phenoxy) is 6. The molecule has 11 heteroatoms. The lowest BCUT2D eigenvalue weighted by Crippen LogP contribution is -2.33. The molecule has 0 radical (unpaired) electrons. The minimum atomic E-state index is -0.394. The van der Waals surface area contributed by atoms with E-state index >= 15 is 0 Å². The highest BCUT2D eigenvalue weighted by Gasteiger charge is 2.23. The van der Waals surface area contributed by atoms with Gasteiger partial charge in [0, 0.05) is 18.2 Å². The molecular formula is C23H41NO9S. The number of ketones is 1. The molecule has 0 spiro atoms. The maximum atomic E-state index is 11.8. The van der Waals surface area contributed by atoms with Crippen LogP contribution in [0.1, 0.15) is 45.4 Å². The van der Waals surface area contributed by atoms with Gasteiger partial charge in [-0.1, -0.05) is 0 Å². The van der Waals surface area contributed by atoms with Gasteiger partial charge in [-0.15, -0.1) is 0 Å². The van der Waals surface area contributed by atoms with Gasteiger partial charge in [0.05, 0.1) is 59.3 Å². The number of nitrogens with one attached hydrogen (secondary N) is 1. The minimum absolute atomic E-state index is 0.0283. The highest BCUT2D eigenvalue weighted by Crippen LogP contribution is 2.28. The van der Waals surface area contributed by atoms with Gasteiger partial charge in [-0.2, -0.15) is 11.8 Å². The second kappa shape index (κ2) is 20.9. The van der Waals surface area contributed by atoms with Crippen molar-refractivity contribution in [2.24, 2.45) is 0 Å². The van der Waals surface area contributed by atoms with Crippen molar-refractivity contribution >= 4 is 29.6 Å². The standard InChI is InChI=1S/C23H41NO9S/c1-19(25)3-8-22(26)32-18-17-31-16-15-30-14-13-29-12-11-28-10-9-24-23(27)33-20-4-6-21(34-2)7-5-20/h20-21H,3-18H2,1-2H3,(H,24,27). The lowest BCUT2D eigenvalue weighted by Gasteiger charge is -2.27. The van der Waals surface area contributed by atoms with E-state index in [-0.39, 0.29) is 44.0 Å². The van der Waals surface area contributed by atoms with Crippen molar-refractivity contribution in [2.75, 3.05) is 72.3 Å². The fraction of sp³-hybridized carbons (Fsp3) is 0.870. The summed E-state index contributed by atoms with van der Waals surface area (Å²) >= 11 is 1.89. The lowest BCUT2D eigenvalue weighted by atomic mass is 9.97. The van der Waals surface area contributed by atoms with Crippen molar-refractivity contribution < 1.29 is 42.8 Å². The van der Waals surface area contributed by atoms with Crippen molar-refractivity contribution in [1.82, 2.24) is 5.32 Å². The molecule has 1 saturated carbocycles. The first-order chi connectivity index (χ1) is 16.5. The normalized spacial score (nSPS) is 17.8. The van der Waals surface area contributed by atoms with E-state index in [0.717, 1.165) is 25.7 Å². The van der Waals surface area contributed by atoms with Gasteiger partial charge in [-0.3, -0.25) is 4.79 Å². The first kappa shape index (κ1) is 30.6. The Bertz CT molecular complexity index is 557. The summed E-state index contributed by atoms with van der Waals surface area (Å²) in [6, 6.07) is 0. The van der Waals surface area contributed by atoms with Crippen LogP contribution in [0.3, 0.4) is 0 Å². The second-order valence-electron chi connectivity index (χ2n) is 7.84. The molecular weight excluding hydrogens is 466 g/mol. The van der Waals surface area contributed by atoms with Crippen LogP contribution >= 0.6 is 11.8 Å². The van der Waals surface area contributed by atoms with Crippen LogP contribution in [0.2, 0.25) is 0 Å². The Labute approximate surface area is 207 Å². The predicted molar refractivity (Wildman–Crippen MR) is 128 cm³/mol. The van der Waals surface area contributed by atoms with E-state index in [4.69, 9.17) is 28.4 Å². The monoisotopic (exact) mass is 507 g/mol. The van der Waals surface area contributed by atoms with Crippen molar-refractivity contribution in [1.29, 1.82) is 0 Å². The Morgan fingerprint density at radius 1 is 0.765 bits per heavy atom. The van der Waals surface area contributed by atoms with Crippen LogP contribution in [0.5, 0.6) is 0 Å². The maximum absolute atomic E-state index is 11.8. The molecule has 0 aromatic rings. The van der Waals surface area contributed by atoms with E-state index < -0.39 is 5.97 Å². The second-order valence-corrected chi connectivity index (χ2v) is 8.98. The molecule has 0 atom stereocenters. The summed E-state index contributed by atoms with van der Waals surface area (Å²) in [6.45, 7) is 5.26. The van der Waals surface area contributed by atoms with E-state index in [0.29, 0.717) is 58.0 Å². The third-order valence-corrected chi connectivity index (χ3v) is 6.17. The average Bonchev–Trinajstić information content (AvgIpc) is 2.82. The molecule has 0 saturated heterocycles. The van der Waals surface area contributed by atoms with Gasteiger partial charge in [-0.05, 0) is 38.9 Å². The number of amides is 1. The molecule has 1 amide bonds. The molecule has 0 aliphatic heterocycles. The predicted octanol–water partition coefficient (Wildman–Crippen LogP) is 2.37. The van der Waals surface area contributed by atoms with Gasteiger partial charge in [0.1, 0.15) is 18.5 Å². The highest BCUT2D eigenvalue weighted by atomic mass is 32.2. The third-order valence-electron chi connectivity index (χ3n) is 5.03. The Balaban J connectivity index is 1.76. The quantitative estimate of drug-likeness (QED) is 0.194. The van der Waals surface area contributed by atoms with Gasteiger partial charge in [0.15, 0.2) is 0 Å². The molecule has 10 nitrogen and oxygen atoms in total. The number of carbonyl (C=O) groups excluding carboxylic acids is 3. The summed E-state index contributed by atoms with van der Waals surface area (Å²) in [5.74, 6) is -0.429. The Hall–Kier alpha value is -1.40. The topological polar surface area (TPSA) is 119 Å². The summed E-state index contributed by atoms with van der Waals surface area (Å²) in [6.07, 6.45) is 6.16. The molecule has 1 aliphatic carbocycles. The zero-order valence-electron chi connectivity index (χ0n) is 20.6. The summed E-state index contributed by atoms with van der Waals surface area (Å²) in [4.78, 5) is 33.9. The molecule has 0 unspecified atom stereocenters. The van der Waals surface area contributed by atoms with Crippen LogP contribution in [-0.4, -0.2) is 101 Å². The Morgan fingerprint density at radius 2 is 1.29 bits per heavy atom. The summed E-state index contributed by atoms with van der Waals surface area (Å²) < 4.78 is 31.9. The van der Waals surface area contributed by atoms with Crippen LogP contribution < -0.4 is 5.32 Å². The van der Waals surface area contributed by atoms with E-state index in [1.54, 1.807) is 0 Å². The summed E-state index contributed by atoms with van der Waals surface area (Å²) in [7, 11) is 0. The Morgan fingerprint density at radius 3 is 1.82 bits per heavy atom. The van der Waals surface area contributed by atoms with Crippen LogP contribution in [0.15, 0.2) is 0 Å². The summed E-state index contributed by atoms with van der Waals surface area (Å²) in [5.41, 5.74) is 0. The largest absolute Gasteiger partial charge is 0.463 e. The van der Waals surface area contributed by atoms with Crippen molar-refractivity contribution in [3.05, 3.63) is 0 Å². The molecule has 1 N–H and O–H groups in total. The maximum Gasteiger partial charge on any atom is 0.407 e. The van der Waals surface area contributed by atoms with Crippen molar-refractivity contribution in [3.8, 4) is 0 Å². The van der Waals surface area contributed by atoms with Crippen molar-refractivity contribution in [3.63, 3.8) is 0 Å². The number of carbonyl (C=O) groups is 3. The van der Waals surface area contributed by atoms with E-state index in [1.165, 1.54) is 6.92 Å². The van der Waals surface area contributed by atoms with Crippen LogP contribution in [0.25, 0.3) is 0 Å². The molecule has 0 bridgehead atoms. The number of rotatable bonds is 20. The molecule has 198 valence electrons.